The average molecular weight is 338 g/mol. The van der Waals surface area contributed by atoms with E-state index >= 15 is 0 Å². The van der Waals surface area contributed by atoms with E-state index in [2.05, 4.69) is 65.4 Å². The van der Waals surface area contributed by atoms with Gasteiger partial charge in [0.25, 0.3) is 0 Å². The summed E-state index contributed by atoms with van der Waals surface area (Å²) in [5, 5.41) is 3.73. The zero-order valence-electron chi connectivity index (χ0n) is 15.7. The van der Waals surface area contributed by atoms with Crippen molar-refractivity contribution < 1.29 is 0 Å². The number of hydrogen-bond acceptors (Lipinski definition) is 3. The molecule has 1 aliphatic heterocycles. The Morgan fingerprint density at radius 1 is 1.12 bits per heavy atom. The summed E-state index contributed by atoms with van der Waals surface area (Å²) >= 11 is 0. The summed E-state index contributed by atoms with van der Waals surface area (Å²) in [5.74, 6) is 0. The number of unbranched alkanes of at least 4 members (excludes halogenated alkanes) is 2. The molecule has 0 aliphatic carbocycles. The lowest BCUT2D eigenvalue weighted by molar-refractivity contribution is 0.221. The molecular weight excluding hydrogens is 306 g/mol. The van der Waals surface area contributed by atoms with Crippen LogP contribution in [0.25, 0.3) is 0 Å². The number of nitrogens with one attached hydrogen (secondary N) is 1. The first-order valence-electron chi connectivity index (χ1n) is 9.68. The molecule has 3 heteroatoms. The van der Waals surface area contributed by atoms with E-state index in [4.69, 9.17) is 0 Å². The van der Waals surface area contributed by atoms with E-state index in [1.165, 1.54) is 41.6 Å². The quantitative estimate of drug-likeness (QED) is 0.735. The predicted molar refractivity (Wildman–Crippen MR) is 105 cm³/mol. The average Bonchev–Trinajstić information content (AvgIpc) is 2.63. The SMILES string of the molecule is CCCCCN(Cc1ccc(C)cn1)C[C@H]1Cc2ccccc2CN1. The van der Waals surface area contributed by atoms with Gasteiger partial charge in [0.15, 0.2) is 0 Å². The highest BCUT2D eigenvalue weighted by atomic mass is 15.2. The van der Waals surface area contributed by atoms with Gasteiger partial charge in [-0.25, -0.2) is 0 Å². The van der Waals surface area contributed by atoms with Crippen LogP contribution < -0.4 is 5.32 Å². The van der Waals surface area contributed by atoms with Crippen molar-refractivity contribution in [2.45, 2.75) is 58.7 Å². The van der Waals surface area contributed by atoms with Crippen LogP contribution in [0.3, 0.4) is 0 Å². The summed E-state index contributed by atoms with van der Waals surface area (Å²) in [6.45, 7) is 8.55. The Hall–Kier alpha value is -1.71. The van der Waals surface area contributed by atoms with Crippen LogP contribution >= 0.6 is 0 Å². The first-order valence-corrected chi connectivity index (χ1v) is 9.68. The normalized spacial score (nSPS) is 16.8. The fraction of sp³-hybridized carbons (Fsp3) is 0.500. The van der Waals surface area contributed by atoms with Gasteiger partial charge in [0.1, 0.15) is 0 Å². The first-order chi connectivity index (χ1) is 12.2. The van der Waals surface area contributed by atoms with E-state index in [9.17, 15) is 0 Å². The highest BCUT2D eigenvalue weighted by Crippen LogP contribution is 2.17. The van der Waals surface area contributed by atoms with Crippen LogP contribution in [0.2, 0.25) is 0 Å². The van der Waals surface area contributed by atoms with Crippen LogP contribution in [0, 0.1) is 6.92 Å². The molecule has 2 heterocycles. The van der Waals surface area contributed by atoms with Gasteiger partial charge >= 0.3 is 0 Å². The fourth-order valence-electron chi connectivity index (χ4n) is 3.60. The van der Waals surface area contributed by atoms with Crippen LogP contribution in [0.15, 0.2) is 42.6 Å². The lowest BCUT2D eigenvalue weighted by atomic mass is 9.95. The molecule has 1 aromatic carbocycles. The van der Waals surface area contributed by atoms with E-state index < -0.39 is 0 Å². The van der Waals surface area contributed by atoms with Gasteiger partial charge in [-0.15, -0.1) is 0 Å². The number of aryl methyl sites for hydroxylation is 1. The zero-order valence-corrected chi connectivity index (χ0v) is 15.7. The van der Waals surface area contributed by atoms with Crippen molar-refractivity contribution in [3.05, 3.63) is 65.0 Å². The molecule has 0 saturated heterocycles. The minimum absolute atomic E-state index is 0.530. The van der Waals surface area contributed by atoms with Crippen molar-refractivity contribution in [2.24, 2.45) is 0 Å². The topological polar surface area (TPSA) is 28.2 Å². The van der Waals surface area contributed by atoms with Crippen molar-refractivity contribution in [1.29, 1.82) is 0 Å². The highest BCUT2D eigenvalue weighted by molar-refractivity contribution is 5.30. The third-order valence-electron chi connectivity index (χ3n) is 5.08. The third kappa shape index (κ3) is 5.38. The first kappa shape index (κ1) is 18.1. The lowest BCUT2D eigenvalue weighted by Gasteiger charge is -2.31. The maximum atomic E-state index is 4.61. The fourth-order valence-corrected chi connectivity index (χ4v) is 3.60. The van der Waals surface area contributed by atoms with Crippen molar-refractivity contribution in [1.82, 2.24) is 15.2 Å². The number of hydrogen-bond donors (Lipinski definition) is 1. The summed E-state index contributed by atoms with van der Waals surface area (Å²) in [7, 11) is 0. The van der Waals surface area contributed by atoms with Gasteiger partial charge in [-0.1, -0.05) is 50.1 Å². The van der Waals surface area contributed by atoms with Gasteiger partial charge < -0.3 is 5.32 Å². The second-order valence-electron chi connectivity index (χ2n) is 7.32. The second kappa shape index (κ2) is 9.12. The molecule has 0 radical (unpaired) electrons. The van der Waals surface area contributed by atoms with Crippen molar-refractivity contribution in [3.8, 4) is 0 Å². The molecule has 0 bridgehead atoms. The molecule has 0 fully saturated rings. The molecule has 25 heavy (non-hydrogen) atoms. The molecule has 1 aromatic heterocycles. The summed E-state index contributed by atoms with van der Waals surface area (Å²) in [5.41, 5.74) is 5.37. The Morgan fingerprint density at radius 2 is 1.96 bits per heavy atom. The molecule has 1 aliphatic rings. The maximum Gasteiger partial charge on any atom is 0.0544 e. The minimum Gasteiger partial charge on any atom is -0.308 e. The molecule has 134 valence electrons. The number of benzene rings is 1. The monoisotopic (exact) mass is 337 g/mol. The Balaban J connectivity index is 1.62. The highest BCUT2D eigenvalue weighted by Gasteiger charge is 2.20. The molecule has 3 rings (SSSR count). The molecule has 0 amide bonds. The Labute approximate surface area is 152 Å². The largest absolute Gasteiger partial charge is 0.308 e. The second-order valence-corrected chi connectivity index (χ2v) is 7.32. The van der Waals surface area contributed by atoms with E-state index in [1.54, 1.807) is 0 Å². The van der Waals surface area contributed by atoms with E-state index in [0.717, 1.165) is 32.6 Å². The summed E-state index contributed by atoms with van der Waals surface area (Å²) in [6.07, 6.45) is 6.95. The van der Waals surface area contributed by atoms with Gasteiger partial charge in [0.2, 0.25) is 0 Å². The van der Waals surface area contributed by atoms with E-state index in [1.807, 2.05) is 6.20 Å². The molecule has 3 nitrogen and oxygen atoms in total. The Kier molecular flexibility index (Phi) is 6.60. The summed E-state index contributed by atoms with van der Waals surface area (Å²) in [4.78, 5) is 7.20. The smallest absolute Gasteiger partial charge is 0.0544 e. The van der Waals surface area contributed by atoms with Gasteiger partial charge in [-0.2, -0.15) is 0 Å². The standard InChI is InChI=1S/C22H31N3/c1-3-4-7-12-25(16-21-11-10-18(2)14-23-21)17-22-13-19-8-5-6-9-20(19)15-24-22/h5-6,8-11,14,22,24H,3-4,7,12-13,15-17H2,1-2H3/t22-/m1/s1. The lowest BCUT2D eigenvalue weighted by Crippen LogP contribution is -2.44. The van der Waals surface area contributed by atoms with Crippen molar-refractivity contribution in [3.63, 3.8) is 0 Å². The van der Waals surface area contributed by atoms with Crippen LogP contribution in [0.4, 0.5) is 0 Å². The zero-order chi connectivity index (χ0) is 17.5. The van der Waals surface area contributed by atoms with Crippen molar-refractivity contribution in [2.75, 3.05) is 13.1 Å². The Morgan fingerprint density at radius 3 is 2.72 bits per heavy atom. The predicted octanol–water partition coefficient (Wildman–Crippen LogP) is 4.10. The summed E-state index contributed by atoms with van der Waals surface area (Å²) in [6, 6.07) is 13.7. The molecule has 2 aromatic rings. The van der Waals surface area contributed by atoms with Gasteiger partial charge in [0.05, 0.1) is 5.69 Å². The third-order valence-corrected chi connectivity index (χ3v) is 5.08. The van der Waals surface area contributed by atoms with Gasteiger partial charge in [-0.05, 0) is 49.1 Å². The van der Waals surface area contributed by atoms with E-state index in [0.29, 0.717) is 6.04 Å². The van der Waals surface area contributed by atoms with E-state index in [-0.39, 0.29) is 0 Å². The number of aromatic nitrogens is 1. The molecule has 0 spiro atoms. The van der Waals surface area contributed by atoms with Crippen LogP contribution in [0.5, 0.6) is 0 Å². The van der Waals surface area contributed by atoms with Crippen molar-refractivity contribution >= 4 is 0 Å². The van der Waals surface area contributed by atoms with Crippen LogP contribution in [-0.4, -0.2) is 29.0 Å². The molecule has 1 atom stereocenters. The molecule has 0 unspecified atom stereocenters. The molecule has 0 saturated carbocycles. The maximum absolute atomic E-state index is 4.61. The van der Waals surface area contributed by atoms with Crippen LogP contribution in [0.1, 0.15) is 48.6 Å². The summed E-state index contributed by atoms with van der Waals surface area (Å²) < 4.78 is 0. The number of rotatable bonds is 8. The molecular formula is C22H31N3. The molecule has 1 N–H and O–H groups in total. The van der Waals surface area contributed by atoms with Crippen LogP contribution in [-0.2, 0) is 19.5 Å². The minimum atomic E-state index is 0.530. The number of fused-ring (bicyclic) bond motifs is 1. The van der Waals surface area contributed by atoms with Gasteiger partial charge in [-0.3, -0.25) is 9.88 Å². The van der Waals surface area contributed by atoms with Gasteiger partial charge in [0, 0.05) is 31.9 Å². The number of nitrogens with zero attached hydrogens (tertiary/aromatic N) is 2. The Bertz CT molecular complexity index is 651. The number of pyridine rings is 1.